The molecule has 4 nitrogen and oxygen atoms in total. The standard InChI is InChI=1S/C22H19NO3/c1-26-18-11-7-8-16(14-18)15-23-22(25)20-13-6-5-12-19(20)21(24)17-9-3-2-4-10-17/h2-14H,15H2,1H3,(H,23,25). The van der Waals surface area contributed by atoms with Crippen molar-refractivity contribution in [3.8, 4) is 5.75 Å². The number of rotatable bonds is 6. The quantitative estimate of drug-likeness (QED) is 0.690. The molecule has 1 amide bonds. The van der Waals surface area contributed by atoms with Crippen molar-refractivity contribution >= 4 is 11.7 Å². The lowest BCUT2D eigenvalue weighted by Crippen LogP contribution is -2.25. The molecule has 0 aromatic heterocycles. The molecule has 0 saturated carbocycles. The maximum Gasteiger partial charge on any atom is 0.252 e. The number of amides is 1. The van der Waals surface area contributed by atoms with Gasteiger partial charge in [0, 0.05) is 17.7 Å². The average molecular weight is 345 g/mol. The van der Waals surface area contributed by atoms with E-state index in [-0.39, 0.29) is 11.7 Å². The van der Waals surface area contributed by atoms with Crippen LogP contribution in [0.3, 0.4) is 0 Å². The van der Waals surface area contributed by atoms with Crippen molar-refractivity contribution in [2.24, 2.45) is 0 Å². The van der Waals surface area contributed by atoms with Crippen LogP contribution in [-0.2, 0) is 6.54 Å². The van der Waals surface area contributed by atoms with E-state index in [0.717, 1.165) is 11.3 Å². The molecule has 4 heteroatoms. The van der Waals surface area contributed by atoms with Crippen molar-refractivity contribution < 1.29 is 14.3 Å². The molecule has 0 bridgehead atoms. The molecule has 1 N–H and O–H groups in total. The van der Waals surface area contributed by atoms with Gasteiger partial charge in [-0.05, 0) is 23.8 Å². The molecule has 0 saturated heterocycles. The highest BCUT2D eigenvalue weighted by Gasteiger charge is 2.17. The van der Waals surface area contributed by atoms with Gasteiger partial charge in [0.25, 0.3) is 5.91 Å². The fraction of sp³-hybridized carbons (Fsp3) is 0.0909. The van der Waals surface area contributed by atoms with Crippen LogP contribution in [0, 0.1) is 0 Å². The molecule has 0 fully saturated rings. The lowest BCUT2D eigenvalue weighted by molar-refractivity contribution is 0.0939. The zero-order valence-corrected chi connectivity index (χ0v) is 14.4. The second-order valence-electron chi connectivity index (χ2n) is 5.77. The first kappa shape index (κ1) is 17.4. The van der Waals surface area contributed by atoms with Gasteiger partial charge in [0.1, 0.15) is 5.75 Å². The van der Waals surface area contributed by atoms with E-state index in [1.165, 1.54) is 0 Å². The first-order chi connectivity index (χ1) is 12.7. The molecule has 3 rings (SSSR count). The SMILES string of the molecule is COc1cccc(CNC(=O)c2ccccc2C(=O)c2ccccc2)c1. The van der Waals surface area contributed by atoms with Crippen molar-refractivity contribution in [3.63, 3.8) is 0 Å². The monoisotopic (exact) mass is 345 g/mol. The molecule has 0 aliphatic rings. The molecule has 0 spiro atoms. The molecule has 0 heterocycles. The molecule has 0 aliphatic heterocycles. The van der Waals surface area contributed by atoms with E-state index in [1.54, 1.807) is 55.6 Å². The summed E-state index contributed by atoms with van der Waals surface area (Å²) in [5.41, 5.74) is 2.23. The second-order valence-corrected chi connectivity index (χ2v) is 5.77. The molecular weight excluding hydrogens is 326 g/mol. The third-order valence-corrected chi connectivity index (χ3v) is 4.04. The van der Waals surface area contributed by atoms with Crippen LogP contribution in [0.1, 0.15) is 31.8 Å². The largest absolute Gasteiger partial charge is 0.497 e. The lowest BCUT2D eigenvalue weighted by Gasteiger charge is -2.10. The van der Waals surface area contributed by atoms with Gasteiger partial charge in [-0.3, -0.25) is 9.59 Å². The predicted molar refractivity (Wildman–Crippen MR) is 100 cm³/mol. The first-order valence-corrected chi connectivity index (χ1v) is 8.29. The molecule has 3 aromatic carbocycles. The van der Waals surface area contributed by atoms with Gasteiger partial charge in [0.05, 0.1) is 12.7 Å². The summed E-state index contributed by atoms with van der Waals surface area (Å²) in [5.74, 6) is 0.279. The summed E-state index contributed by atoms with van der Waals surface area (Å²) in [5, 5.41) is 2.87. The topological polar surface area (TPSA) is 55.4 Å². The molecule has 0 unspecified atom stereocenters. The Labute approximate surface area is 152 Å². The Kier molecular flexibility index (Phi) is 5.44. The average Bonchev–Trinajstić information content (AvgIpc) is 2.72. The fourth-order valence-corrected chi connectivity index (χ4v) is 2.68. The van der Waals surface area contributed by atoms with Crippen LogP contribution in [0.15, 0.2) is 78.9 Å². The Morgan fingerprint density at radius 3 is 2.27 bits per heavy atom. The van der Waals surface area contributed by atoms with Gasteiger partial charge in [-0.25, -0.2) is 0 Å². The third-order valence-electron chi connectivity index (χ3n) is 4.04. The van der Waals surface area contributed by atoms with Crippen LogP contribution >= 0.6 is 0 Å². The van der Waals surface area contributed by atoms with Gasteiger partial charge in [-0.2, -0.15) is 0 Å². The summed E-state index contributed by atoms with van der Waals surface area (Å²) in [6, 6.07) is 23.3. The van der Waals surface area contributed by atoms with E-state index in [4.69, 9.17) is 4.74 Å². The number of ether oxygens (including phenoxy) is 1. The lowest BCUT2D eigenvalue weighted by atomic mass is 9.98. The maximum absolute atomic E-state index is 12.7. The maximum atomic E-state index is 12.7. The Morgan fingerprint density at radius 1 is 0.846 bits per heavy atom. The number of benzene rings is 3. The fourth-order valence-electron chi connectivity index (χ4n) is 2.68. The van der Waals surface area contributed by atoms with Crippen LogP contribution in [0.2, 0.25) is 0 Å². The third kappa shape index (κ3) is 3.98. The summed E-state index contributed by atoms with van der Waals surface area (Å²) < 4.78 is 5.19. The van der Waals surface area contributed by atoms with E-state index in [9.17, 15) is 9.59 Å². The Bertz CT molecular complexity index is 919. The van der Waals surface area contributed by atoms with Gasteiger partial charge >= 0.3 is 0 Å². The number of hydrogen-bond acceptors (Lipinski definition) is 3. The summed E-state index contributed by atoms with van der Waals surface area (Å²) >= 11 is 0. The molecular formula is C22H19NO3. The molecule has 130 valence electrons. The second kappa shape index (κ2) is 8.12. The van der Waals surface area contributed by atoms with Crippen molar-refractivity contribution in [3.05, 3.63) is 101 Å². The summed E-state index contributed by atoms with van der Waals surface area (Å²) in [4.78, 5) is 25.4. The van der Waals surface area contributed by atoms with Crippen molar-refractivity contribution in [1.29, 1.82) is 0 Å². The normalized spacial score (nSPS) is 10.2. The van der Waals surface area contributed by atoms with Crippen LogP contribution in [0.5, 0.6) is 5.75 Å². The summed E-state index contributed by atoms with van der Waals surface area (Å²) in [7, 11) is 1.60. The minimum atomic E-state index is -0.285. The van der Waals surface area contributed by atoms with Crippen molar-refractivity contribution in [2.75, 3.05) is 7.11 Å². The van der Waals surface area contributed by atoms with Crippen LogP contribution in [0.4, 0.5) is 0 Å². The highest BCUT2D eigenvalue weighted by molar-refractivity contribution is 6.15. The van der Waals surface area contributed by atoms with Crippen molar-refractivity contribution in [2.45, 2.75) is 6.54 Å². The predicted octanol–water partition coefficient (Wildman–Crippen LogP) is 3.86. The van der Waals surface area contributed by atoms with Gasteiger partial charge in [0.2, 0.25) is 0 Å². The highest BCUT2D eigenvalue weighted by atomic mass is 16.5. The van der Waals surface area contributed by atoms with Gasteiger partial charge in [-0.1, -0.05) is 60.7 Å². The Hall–Kier alpha value is -3.40. The summed E-state index contributed by atoms with van der Waals surface area (Å²) in [6.45, 7) is 0.351. The Morgan fingerprint density at radius 2 is 1.54 bits per heavy atom. The van der Waals surface area contributed by atoms with E-state index in [2.05, 4.69) is 5.32 Å². The Balaban J connectivity index is 1.78. The number of hydrogen-bond donors (Lipinski definition) is 1. The van der Waals surface area contributed by atoms with Crippen LogP contribution < -0.4 is 10.1 Å². The highest BCUT2D eigenvalue weighted by Crippen LogP contribution is 2.16. The minimum absolute atomic E-state index is 0.169. The number of ketones is 1. The molecule has 0 aliphatic carbocycles. The zero-order valence-electron chi connectivity index (χ0n) is 14.4. The molecule has 0 radical (unpaired) electrons. The minimum Gasteiger partial charge on any atom is -0.497 e. The van der Waals surface area contributed by atoms with Crippen LogP contribution in [0.25, 0.3) is 0 Å². The molecule has 0 atom stereocenters. The zero-order chi connectivity index (χ0) is 18.4. The van der Waals surface area contributed by atoms with Crippen molar-refractivity contribution in [1.82, 2.24) is 5.32 Å². The number of nitrogens with one attached hydrogen (secondary N) is 1. The number of methoxy groups -OCH3 is 1. The first-order valence-electron chi connectivity index (χ1n) is 8.29. The number of carbonyl (C=O) groups excluding carboxylic acids is 2. The molecule has 3 aromatic rings. The van der Waals surface area contributed by atoms with Gasteiger partial charge in [0.15, 0.2) is 5.78 Å². The smallest absolute Gasteiger partial charge is 0.252 e. The van der Waals surface area contributed by atoms with E-state index >= 15 is 0 Å². The van der Waals surface area contributed by atoms with Crippen LogP contribution in [-0.4, -0.2) is 18.8 Å². The summed E-state index contributed by atoms with van der Waals surface area (Å²) in [6.07, 6.45) is 0. The van der Waals surface area contributed by atoms with Gasteiger partial charge < -0.3 is 10.1 Å². The number of carbonyl (C=O) groups is 2. The molecule has 26 heavy (non-hydrogen) atoms. The van der Waals surface area contributed by atoms with E-state index in [0.29, 0.717) is 23.2 Å². The van der Waals surface area contributed by atoms with E-state index in [1.807, 2.05) is 30.3 Å². The van der Waals surface area contributed by atoms with Gasteiger partial charge in [-0.15, -0.1) is 0 Å². The van der Waals surface area contributed by atoms with E-state index < -0.39 is 0 Å².